The number of hydrogen-bond acceptors (Lipinski definition) is 2. The third kappa shape index (κ3) is 3.71. The summed E-state index contributed by atoms with van der Waals surface area (Å²) >= 11 is 5.32. The van der Waals surface area contributed by atoms with Crippen molar-refractivity contribution in [3.05, 3.63) is 54.1 Å². The highest BCUT2D eigenvalue weighted by molar-refractivity contribution is 7.80. The molecule has 104 valence electrons. The van der Waals surface area contributed by atoms with E-state index >= 15 is 0 Å². The lowest BCUT2D eigenvalue weighted by atomic mass is 10.1. The number of rotatable bonds is 3. The Balaban J connectivity index is 2.06. The van der Waals surface area contributed by atoms with E-state index in [0.717, 1.165) is 11.4 Å². The van der Waals surface area contributed by atoms with Crippen molar-refractivity contribution in [1.82, 2.24) is 0 Å². The van der Waals surface area contributed by atoms with Gasteiger partial charge in [-0.25, -0.2) is 0 Å². The van der Waals surface area contributed by atoms with E-state index in [2.05, 4.69) is 34.6 Å². The third-order valence-electron chi connectivity index (χ3n) is 2.98. The molecule has 0 saturated heterocycles. The minimum atomic E-state index is 0.588. The number of nitrogens with one attached hydrogen (secondary N) is 2. The maximum atomic E-state index is 5.32. The van der Waals surface area contributed by atoms with Crippen LogP contribution in [0.15, 0.2) is 48.5 Å². The Kier molecular flexibility index (Phi) is 4.58. The number of anilines is 3. The number of aryl methyl sites for hydroxylation is 1. The fourth-order valence-corrected chi connectivity index (χ4v) is 2.22. The predicted octanol–water partition coefficient (Wildman–Crippen LogP) is 3.87. The first-order valence-electron chi connectivity index (χ1n) is 6.47. The maximum absolute atomic E-state index is 5.32. The van der Waals surface area contributed by atoms with Crippen LogP contribution in [-0.2, 0) is 0 Å². The van der Waals surface area contributed by atoms with Crippen molar-refractivity contribution in [2.45, 2.75) is 6.92 Å². The number of para-hydroxylation sites is 1. The number of nitrogens with zero attached hydrogens (tertiary/aromatic N) is 1. The van der Waals surface area contributed by atoms with Crippen LogP contribution in [0.5, 0.6) is 0 Å². The van der Waals surface area contributed by atoms with Crippen LogP contribution in [0.1, 0.15) is 5.56 Å². The van der Waals surface area contributed by atoms with Crippen LogP contribution in [0.2, 0.25) is 0 Å². The van der Waals surface area contributed by atoms with E-state index in [1.165, 1.54) is 11.3 Å². The number of hydrogen-bond donors (Lipinski definition) is 2. The molecule has 0 aliphatic rings. The highest BCUT2D eigenvalue weighted by atomic mass is 32.1. The van der Waals surface area contributed by atoms with E-state index in [4.69, 9.17) is 12.2 Å². The van der Waals surface area contributed by atoms with Gasteiger partial charge in [-0.15, -0.1) is 0 Å². The Hall–Kier alpha value is -2.07. The van der Waals surface area contributed by atoms with Crippen LogP contribution in [0.25, 0.3) is 0 Å². The van der Waals surface area contributed by atoms with Gasteiger partial charge in [0, 0.05) is 31.2 Å². The fraction of sp³-hybridized carbons (Fsp3) is 0.188. The second-order valence-corrected chi connectivity index (χ2v) is 5.25. The molecule has 3 nitrogen and oxygen atoms in total. The van der Waals surface area contributed by atoms with Crippen molar-refractivity contribution in [2.75, 3.05) is 29.6 Å². The molecule has 0 heterocycles. The molecule has 0 spiro atoms. The summed E-state index contributed by atoms with van der Waals surface area (Å²) in [5, 5.41) is 6.95. The van der Waals surface area contributed by atoms with E-state index in [0.29, 0.717) is 5.11 Å². The minimum absolute atomic E-state index is 0.588. The first-order chi connectivity index (χ1) is 9.56. The van der Waals surface area contributed by atoms with Crippen LogP contribution >= 0.6 is 12.2 Å². The SMILES string of the molecule is Cc1ccc(NC(=S)Nc2ccccc2)cc1N(C)C. The van der Waals surface area contributed by atoms with Crippen molar-refractivity contribution in [1.29, 1.82) is 0 Å². The van der Waals surface area contributed by atoms with Gasteiger partial charge in [0.2, 0.25) is 0 Å². The molecule has 0 amide bonds. The average molecular weight is 285 g/mol. The Labute approximate surface area is 125 Å². The quantitative estimate of drug-likeness (QED) is 0.837. The molecule has 0 radical (unpaired) electrons. The largest absolute Gasteiger partial charge is 0.377 e. The Morgan fingerprint density at radius 3 is 2.25 bits per heavy atom. The molecule has 0 aliphatic heterocycles. The van der Waals surface area contributed by atoms with E-state index in [1.54, 1.807) is 0 Å². The monoisotopic (exact) mass is 285 g/mol. The standard InChI is InChI=1S/C16H19N3S/c1-12-9-10-14(11-15(12)19(2)3)18-16(20)17-13-7-5-4-6-8-13/h4-11H,1-3H3,(H2,17,18,20). The van der Waals surface area contributed by atoms with Crippen molar-refractivity contribution in [3.63, 3.8) is 0 Å². The zero-order chi connectivity index (χ0) is 14.5. The topological polar surface area (TPSA) is 27.3 Å². The van der Waals surface area contributed by atoms with Crippen LogP contribution < -0.4 is 15.5 Å². The van der Waals surface area contributed by atoms with Crippen molar-refractivity contribution < 1.29 is 0 Å². The lowest BCUT2D eigenvalue weighted by molar-refractivity contribution is 1.11. The van der Waals surface area contributed by atoms with Gasteiger partial charge in [0.25, 0.3) is 0 Å². The molecule has 20 heavy (non-hydrogen) atoms. The van der Waals surface area contributed by atoms with Gasteiger partial charge in [0.05, 0.1) is 0 Å². The first-order valence-corrected chi connectivity index (χ1v) is 6.88. The van der Waals surface area contributed by atoms with Gasteiger partial charge in [0.1, 0.15) is 0 Å². The second kappa shape index (κ2) is 6.39. The molecule has 0 bridgehead atoms. The van der Waals surface area contributed by atoms with Crippen LogP contribution in [0.4, 0.5) is 17.1 Å². The first kappa shape index (κ1) is 14.3. The van der Waals surface area contributed by atoms with E-state index in [9.17, 15) is 0 Å². The zero-order valence-electron chi connectivity index (χ0n) is 12.0. The summed E-state index contributed by atoms with van der Waals surface area (Å²) in [5.74, 6) is 0. The highest BCUT2D eigenvalue weighted by Crippen LogP contribution is 2.22. The molecule has 2 aromatic rings. The summed E-state index contributed by atoms with van der Waals surface area (Å²) in [4.78, 5) is 2.09. The number of thiocarbonyl (C=S) groups is 1. The summed E-state index contributed by atoms with van der Waals surface area (Å²) in [6, 6.07) is 16.1. The lowest BCUT2D eigenvalue weighted by Gasteiger charge is -2.18. The smallest absolute Gasteiger partial charge is 0.175 e. The van der Waals surface area contributed by atoms with Crippen LogP contribution in [-0.4, -0.2) is 19.2 Å². The van der Waals surface area contributed by atoms with Gasteiger partial charge in [-0.05, 0) is 49.0 Å². The summed E-state index contributed by atoms with van der Waals surface area (Å²) in [5.41, 5.74) is 4.37. The molecular weight excluding hydrogens is 266 g/mol. The van der Waals surface area contributed by atoms with Gasteiger partial charge in [-0.3, -0.25) is 0 Å². The van der Waals surface area contributed by atoms with Crippen LogP contribution in [0.3, 0.4) is 0 Å². The summed E-state index contributed by atoms with van der Waals surface area (Å²) < 4.78 is 0. The summed E-state index contributed by atoms with van der Waals surface area (Å²) in [7, 11) is 4.07. The van der Waals surface area contributed by atoms with E-state index in [-0.39, 0.29) is 0 Å². The van der Waals surface area contributed by atoms with Crippen molar-refractivity contribution >= 4 is 34.4 Å². The Morgan fingerprint density at radius 1 is 0.950 bits per heavy atom. The molecule has 2 rings (SSSR count). The van der Waals surface area contributed by atoms with E-state index in [1.807, 2.05) is 50.5 Å². The molecule has 2 N–H and O–H groups in total. The Bertz CT molecular complexity index is 594. The Morgan fingerprint density at radius 2 is 1.60 bits per heavy atom. The summed E-state index contributed by atoms with van der Waals surface area (Å²) in [6.07, 6.45) is 0. The van der Waals surface area contributed by atoms with E-state index < -0.39 is 0 Å². The highest BCUT2D eigenvalue weighted by Gasteiger charge is 2.04. The van der Waals surface area contributed by atoms with Crippen LogP contribution in [0, 0.1) is 6.92 Å². The normalized spacial score (nSPS) is 9.95. The molecule has 4 heteroatoms. The fourth-order valence-electron chi connectivity index (χ4n) is 1.98. The van der Waals surface area contributed by atoms with Gasteiger partial charge in [-0.2, -0.15) is 0 Å². The van der Waals surface area contributed by atoms with Crippen molar-refractivity contribution in [3.8, 4) is 0 Å². The third-order valence-corrected chi connectivity index (χ3v) is 3.18. The molecule has 0 fully saturated rings. The molecule has 2 aromatic carbocycles. The molecular formula is C16H19N3S. The number of benzene rings is 2. The van der Waals surface area contributed by atoms with Gasteiger partial charge in [0.15, 0.2) is 5.11 Å². The lowest BCUT2D eigenvalue weighted by Crippen LogP contribution is -2.19. The van der Waals surface area contributed by atoms with Gasteiger partial charge in [-0.1, -0.05) is 24.3 Å². The molecule has 0 unspecified atom stereocenters. The molecule has 0 saturated carbocycles. The average Bonchev–Trinajstić information content (AvgIpc) is 2.41. The predicted molar refractivity (Wildman–Crippen MR) is 91.8 cm³/mol. The van der Waals surface area contributed by atoms with Gasteiger partial charge >= 0.3 is 0 Å². The zero-order valence-corrected chi connectivity index (χ0v) is 12.8. The van der Waals surface area contributed by atoms with Crippen molar-refractivity contribution in [2.24, 2.45) is 0 Å². The molecule has 0 atom stereocenters. The molecule has 0 aromatic heterocycles. The summed E-state index contributed by atoms with van der Waals surface area (Å²) in [6.45, 7) is 2.10. The minimum Gasteiger partial charge on any atom is -0.377 e. The molecule has 0 aliphatic carbocycles. The second-order valence-electron chi connectivity index (χ2n) is 4.84. The van der Waals surface area contributed by atoms with Gasteiger partial charge < -0.3 is 15.5 Å². The maximum Gasteiger partial charge on any atom is 0.175 e.